The lowest BCUT2D eigenvalue weighted by Crippen LogP contribution is -2.30. The monoisotopic (exact) mass is 255 g/mol. The number of sulfonamides is 1. The van der Waals surface area contributed by atoms with Gasteiger partial charge in [0.15, 0.2) is 0 Å². The van der Waals surface area contributed by atoms with E-state index in [-0.39, 0.29) is 17.0 Å². The van der Waals surface area contributed by atoms with Crippen molar-refractivity contribution in [3.8, 4) is 6.07 Å². The Labute approximate surface area is 98.1 Å². The maximum absolute atomic E-state index is 13.3. The van der Waals surface area contributed by atoms with E-state index in [0.29, 0.717) is 6.42 Å². The van der Waals surface area contributed by atoms with Gasteiger partial charge in [0.2, 0.25) is 10.0 Å². The number of hydrogen-bond acceptors (Lipinski definition) is 4. The van der Waals surface area contributed by atoms with Crippen LogP contribution < -0.4 is 10.5 Å². The van der Waals surface area contributed by atoms with Gasteiger partial charge in [-0.05, 0) is 18.6 Å². The minimum atomic E-state index is -3.89. The van der Waals surface area contributed by atoms with Crippen LogP contribution in [0.3, 0.4) is 0 Å². The molecule has 1 aliphatic carbocycles. The van der Waals surface area contributed by atoms with Crippen LogP contribution in [-0.4, -0.2) is 20.5 Å². The van der Waals surface area contributed by atoms with Crippen LogP contribution in [-0.2, 0) is 10.0 Å². The maximum Gasteiger partial charge on any atom is 0.242 e. The molecule has 1 saturated carbocycles. The van der Waals surface area contributed by atoms with Gasteiger partial charge in [-0.3, -0.25) is 0 Å². The van der Waals surface area contributed by atoms with Crippen molar-refractivity contribution in [2.75, 3.05) is 0 Å². The highest BCUT2D eigenvalue weighted by atomic mass is 32.2. The number of halogens is 1. The molecular weight excluding hydrogens is 245 g/mol. The van der Waals surface area contributed by atoms with Crippen LogP contribution in [0.4, 0.5) is 4.39 Å². The average molecular weight is 255 g/mol. The molecule has 3 N–H and O–H groups in total. The summed E-state index contributed by atoms with van der Waals surface area (Å²) in [7, 11) is -3.89. The molecule has 0 spiro atoms. The summed E-state index contributed by atoms with van der Waals surface area (Å²) in [4.78, 5) is -0.348. The molecule has 2 atom stereocenters. The minimum Gasteiger partial charge on any atom is -0.326 e. The molecule has 1 fully saturated rings. The van der Waals surface area contributed by atoms with Gasteiger partial charge in [0.05, 0.1) is 0 Å². The summed E-state index contributed by atoms with van der Waals surface area (Å²) < 4.78 is 39.4. The van der Waals surface area contributed by atoms with Crippen LogP contribution in [0.1, 0.15) is 12.0 Å². The molecule has 1 aromatic rings. The molecule has 0 radical (unpaired) electrons. The van der Waals surface area contributed by atoms with E-state index in [1.165, 1.54) is 12.1 Å². The molecule has 90 valence electrons. The van der Waals surface area contributed by atoms with Crippen molar-refractivity contribution in [3.63, 3.8) is 0 Å². The maximum atomic E-state index is 13.3. The van der Waals surface area contributed by atoms with Crippen LogP contribution in [0.2, 0.25) is 0 Å². The first-order valence-corrected chi connectivity index (χ1v) is 6.40. The zero-order chi connectivity index (χ0) is 12.6. The third-order valence-electron chi connectivity index (χ3n) is 2.52. The van der Waals surface area contributed by atoms with Crippen LogP contribution in [0.5, 0.6) is 0 Å². The summed E-state index contributed by atoms with van der Waals surface area (Å²) >= 11 is 0. The average Bonchev–Trinajstić information content (AvgIpc) is 2.92. The topological polar surface area (TPSA) is 96.0 Å². The third kappa shape index (κ3) is 2.29. The van der Waals surface area contributed by atoms with Crippen LogP contribution >= 0.6 is 0 Å². The second kappa shape index (κ2) is 4.07. The van der Waals surface area contributed by atoms with Gasteiger partial charge in [0.25, 0.3) is 0 Å². The molecule has 0 amide bonds. The van der Waals surface area contributed by atoms with Crippen LogP contribution in [0, 0.1) is 17.1 Å². The normalized spacial score (nSPS) is 23.1. The molecule has 1 aromatic carbocycles. The molecule has 0 aliphatic heterocycles. The summed E-state index contributed by atoms with van der Waals surface area (Å²) in [5.41, 5.74) is 5.01. The van der Waals surface area contributed by atoms with Crippen molar-refractivity contribution >= 4 is 10.0 Å². The molecule has 0 aromatic heterocycles. The molecule has 0 bridgehead atoms. The van der Waals surface area contributed by atoms with E-state index in [2.05, 4.69) is 4.72 Å². The van der Waals surface area contributed by atoms with Crippen molar-refractivity contribution in [1.29, 1.82) is 5.26 Å². The summed E-state index contributed by atoms with van der Waals surface area (Å²) in [6.45, 7) is 0. The molecule has 2 unspecified atom stereocenters. The Morgan fingerprint density at radius 2 is 2.18 bits per heavy atom. The van der Waals surface area contributed by atoms with Gasteiger partial charge in [0.1, 0.15) is 22.3 Å². The molecule has 1 aliphatic rings. The Bertz CT molecular complexity index is 594. The molecular formula is C10H10FN3O2S. The Morgan fingerprint density at radius 3 is 2.71 bits per heavy atom. The molecule has 2 rings (SSSR count). The number of rotatable bonds is 3. The summed E-state index contributed by atoms with van der Waals surface area (Å²) in [6, 6.07) is 4.50. The summed E-state index contributed by atoms with van der Waals surface area (Å²) in [5.74, 6) is -0.851. The third-order valence-corrected chi connectivity index (χ3v) is 4.06. The predicted molar refractivity (Wildman–Crippen MR) is 57.8 cm³/mol. The standard InChI is InChI=1S/C10H10FN3O2S/c11-7-2-1-3-10(6(7)5-12)17(15,16)14-9-4-8(9)13/h1-3,8-9,14H,4,13H2. The predicted octanol–water partition coefficient (Wildman–Crippen LogP) is 0.0753. The van der Waals surface area contributed by atoms with Gasteiger partial charge in [0, 0.05) is 12.1 Å². The van der Waals surface area contributed by atoms with Crippen molar-refractivity contribution < 1.29 is 12.8 Å². The van der Waals surface area contributed by atoms with Gasteiger partial charge in [-0.2, -0.15) is 5.26 Å². The lowest BCUT2D eigenvalue weighted by Gasteiger charge is -2.07. The van der Waals surface area contributed by atoms with E-state index >= 15 is 0 Å². The number of hydrogen-bond donors (Lipinski definition) is 2. The zero-order valence-corrected chi connectivity index (χ0v) is 9.54. The summed E-state index contributed by atoms with van der Waals surface area (Å²) in [6.07, 6.45) is 0.552. The van der Waals surface area contributed by atoms with Gasteiger partial charge < -0.3 is 5.73 Å². The van der Waals surface area contributed by atoms with E-state index in [1.54, 1.807) is 6.07 Å². The fraction of sp³-hybridized carbons (Fsp3) is 0.300. The van der Waals surface area contributed by atoms with Gasteiger partial charge in [-0.1, -0.05) is 6.07 Å². The zero-order valence-electron chi connectivity index (χ0n) is 8.72. The van der Waals surface area contributed by atoms with Crippen molar-refractivity contribution in [1.82, 2.24) is 4.72 Å². The Balaban J connectivity index is 2.40. The van der Waals surface area contributed by atoms with Crippen LogP contribution in [0.25, 0.3) is 0 Å². The highest BCUT2D eigenvalue weighted by Gasteiger charge is 2.38. The second-order valence-electron chi connectivity index (χ2n) is 3.85. The number of nitriles is 1. The molecule has 7 heteroatoms. The molecule has 17 heavy (non-hydrogen) atoms. The number of nitrogens with two attached hydrogens (primary N) is 1. The Hall–Kier alpha value is -1.49. The number of benzene rings is 1. The van der Waals surface area contributed by atoms with Crippen LogP contribution in [0.15, 0.2) is 23.1 Å². The first-order chi connectivity index (χ1) is 7.95. The van der Waals surface area contributed by atoms with Crippen molar-refractivity contribution in [2.24, 2.45) is 5.73 Å². The molecule has 0 saturated heterocycles. The molecule has 5 nitrogen and oxygen atoms in total. The largest absolute Gasteiger partial charge is 0.326 e. The van der Waals surface area contributed by atoms with E-state index in [0.717, 1.165) is 6.07 Å². The highest BCUT2D eigenvalue weighted by Crippen LogP contribution is 2.23. The van der Waals surface area contributed by atoms with E-state index in [1.807, 2.05) is 0 Å². The fourth-order valence-electron chi connectivity index (χ4n) is 1.45. The smallest absolute Gasteiger partial charge is 0.242 e. The van der Waals surface area contributed by atoms with E-state index in [9.17, 15) is 12.8 Å². The number of nitrogens with zero attached hydrogens (tertiary/aromatic N) is 1. The Kier molecular flexibility index (Phi) is 2.87. The summed E-state index contributed by atoms with van der Waals surface area (Å²) in [5, 5.41) is 8.76. The second-order valence-corrected chi connectivity index (χ2v) is 5.53. The Morgan fingerprint density at radius 1 is 1.53 bits per heavy atom. The van der Waals surface area contributed by atoms with Gasteiger partial charge in [-0.15, -0.1) is 0 Å². The van der Waals surface area contributed by atoms with Crippen molar-refractivity contribution in [3.05, 3.63) is 29.6 Å². The van der Waals surface area contributed by atoms with Gasteiger partial charge in [-0.25, -0.2) is 17.5 Å². The van der Waals surface area contributed by atoms with Gasteiger partial charge >= 0.3 is 0 Å². The van der Waals surface area contributed by atoms with E-state index in [4.69, 9.17) is 11.0 Å². The highest BCUT2D eigenvalue weighted by molar-refractivity contribution is 7.89. The number of nitrogens with one attached hydrogen (secondary N) is 1. The lowest BCUT2D eigenvalue weighted by atomic mass is 10.2. The minimum absolute atomic E-state index is 0.205. The first kappa shape index (κ1) is 12.0. The van der Waals surface area contributed by atoms with E-state index < -0.39 is 21.4 Å². The lowest BCUT2D eigenvalue weighted by molar-refractivity contribution is 0.575. The fourth-order valence-corrected chi connectivity index (χ4v) is 2.92. The van der Waals surface area contributed by atoms with Crippen molar-refractivity contribution in [2.45, 2.75) is 23.4 Å². The quantitative estimate of drug-likeness (QED) is 0.799. The molecule has 0 heterocycles. The SMILES string of the molecule is N#Cc1c(F)cccc1S(=O)(=O)NC1CC1N. The first-order valence-electron chi connectivity index (χ1n) is 4.92.